The van der Waals surface area contributed by atoms with Gasteiger partial charge in [-0.1, -0.05) is 6.92 Å². The molecule has 2 N–H and O–H groups in total. The van der Waals surface area contributed by atoms with Crippen LogP contribution < -0.4 is 5.32 Å². The zero-order chi connectivity index (χ0) is 9.40. The van der Waals surface area contributed by atoms with Gasteiger partial charge in [-0.15, -0.1) is 0 Å². The summed E-state index contributed by atoms with van der Waals surface area (Å²) in [6.07, 6.45) is 0.923. The van der Waals surface area contributed by atoms with Crippen LogP contribution in [0.4, 0.5) is 0 Å². The first kappa shape index (κ1) is 11.4. The lowest BCUT2D eigenvalue weighted by atomic mass is 10.1. The first-order valence-corrected chi connectivity index (χ1v) is 4.17. The van der Waals surface area contributed by atoms with E-state index < -0.39 is 11.9 Å². The van der Waals surface area contributed by atoms with Gasteiger partial charge in [0, 0.05) is 13.2 Å². The van der Waals surface area contributed by atoms with Crippen LogP contribution in [0.5, 0.6) is 0 Å². The van der Waals surface area contributed by atoms with Gasteiger partial charge < -0.3 is 15.2 Å². The van der Waals surface area contributed by atoms with Crippen molar-refractivity contribution < 1.29 is 14.6 Å². The fourth-order valence-corrected chi connectivity index (χ4v) is 0.834. The molecule has 0 aliphatic heterocycles. The first-order chi connectivity index (χ1) is 5.72. The van der Waals surface area contributed by atoms with E-state index in [2.05, 4.69) is 5.32 Å². The third-order valence-corrected chi connectivity index (χ3v) is 1.47. The summed E-state index contributed by atoms with van der Waals surface area (Å²) < 4.78 is 5.14. The molecule has 0 spiro atoms. The first-order valence-electron chi connectivity index (χ1n) is 4.17. The Kier molecular flexibility index (Phi) is 6.70. The van der Waals surface area contributed by atoms with Gasteiger partial charge in [-0.2, -0.15) is 0 Å². The van der Waals surface area contributed by atoms with Crippen LogP contribution in [0.15, 0.2) is 0 Å². The molecule has 72 valence electrons. The lowest BCUT2D eigenvalue weighted by Crippen LogP contribution is -2.30. The van der Waals surface area contributed by atoms with Crippen molar-refractivity contribution in [1.29, 1.82) is 0 Å². The Hall–Kier alpha value is -0.610. The minimum absolute atomic E-state index is 0.296. The molecule has 0 saturated carbocycles. The van der Waals surface area contributed by atoms with Gasteiger partial charge in [0.2, 0.25) is 0 Å². The molecule has 0 bridgehead atoms. The van der Waals surface area contributed by atoms with Gasteiger partial charge in [0.05, 0.1) is 12.5 Å². The van der Waals surface area contributed by atoms with Crippen LogP contribution in [0.3, 0.4) is 0 Å². The summed E-state index contributed by atoms with van der Waals surface area (Å²) in [6.45, 7) is 3.38. The Morgan fingerprint density at radius 1 is 1.67 bits per heavy atom. The predicted octanol–water partition coefficient (Wildman–Crippen LogP) is 0.333. The molecule has 0 amide bonds. The molecule has 12 heavy (non-hydrogen) atoms. The zero-order valence-electron chi connectivity index (χ0n) is 7.67. The van der Waals surface area contributed by atoms with Crippen LogP contribution in [0, 0.1) is 5.92 Å². The summed E-state index contributed by atoms with van der Waals surface area (Å²) in [6, 6.07) is 0. The van der Waals surface area contributed by atoms with Gasteiger partial charge in [0.1, 0.15) is 0 Å². The van der Waals surface area contributed by atoms with Crippen molar-refractivity contribution in [2.24, 2.45) is 5.92 Å². The van der Waals surface area contributed by atoms with Crippen molar-refractivity contribution in [2.45, 2.75) is 13.3 Å². The molecule has 0 rings (SSSR count). The number of carbonyl (C=O) groups is 1. The summed E-state index contributed by atoms with van der Waals surface area (Å²) in [5.74, 6) is -1.23. The predicted molar refractivity (Wildman–Crippen MR) is 46.2 cm³/mol. The Balaban J connectivity index is 3.56. The van der Waals surface area contributed by atoms with E-state index in [1.807, 2.05) is 6.92 Å². The average molecular weight is 175 g/mol. The topological polar surface area (TPSA) is 58.6 Å². The monoisotopic (exact) mass is 175 g/mol. The standard InChI is InChI=1S/C8H17NO3/c1-3-4-12-6-7(5-9-2)8(10)11/h7,9H,3-6H2,1-2H3,(H,10,11)/t7-/m0/s1. The summed E-state index contributed by atoms with van der Waals surface area (Å²) in [5, 5.41) is 11.5. The van der Waals surface area contributed by atoms with Crippen molar-refractivity contribution >= 4 is 5.97 Å². The van der Waals surface area contributed by atoms with E-state index in [4.69, 9.17) is 9.84 Å². The Labute approximate surface area is 72.9 Å². The van der Waals surface area contributed by atoms with E-state index >= 15 is 0 Å². The van der Waals surface area contributed by atoms with Gasteiger partial charge in [0.15, 0.2) is 0 Å². The van der Waals surface area contributed by atoms with Crippen LogP contribution in [-0.2, 0) is 9.53 Å². The van der Waals surface area contributed by atoms with Crippen molar-refractivity contribution in [3.8, 4) is 0 Å². The smallest absolute Gasteiger partial charge is 0.310 e. The maximum atomic E-state index is 10.6. The molecule has 4 heteroatoms. The summed E-state index contributed by atoms with van der Waals surface area (Å²) in [5.41, 5.74) is 0. The molecule has 0 radical (unpaired) electrons. The number of hydrogen-bond acceptors (Lipinski definition) is 3. The third kappa shape index (κ3) is 5.09. The molecular weight excluding hydrogens is 158 g/mol. The van der Waals surface area contributed by atoms with Crippen LogP contribution in [0.1, 0.15) is 13.3 Å². The summed E-state index contributed by atoms with van der Waals surface area (Å²) >= 11 is 0. The Morgan fingerprint density at radius 2 is 2.33 bits per heavy atom. The molecule has 4 nitrogen and oxygen atoms in total. The van der Waals surface area contributed by atoms with Gasteiger partial charge >= 0.3 is 5.97 Å². The zero-order valence-corrected chi connectivity index (χ0v) is 7.67. The SMILES string of the molecule is CCCOC[C@H](CNC)C(=O)O. The minimum Gasteiger partial charge on any atom is -0.481 e. The molecule has 0 unspecified atom stereocenters. The van der Waals surface area contributed by atoms with Gasteiger partial charge in [0.25, 0.3) is 0 Å². The van der Waals surface area contributed by atoms with Crippen molar-refractivity contribution in [3.05, 3.63) is 0 Å². The number of rotatable bonds is 7. The number of ether oxygens (including phenoxy) is 1. The maximum Gasteiger partial charge on any atom is 0.310 e. The molecule has 0 heterocycles. The van der Waals surface area contributed by atoms with E-state index in [1.165, 1.54) is 0 Å². The van der Waals surface area contributed by atoms with E-state index in [0.717, 1.165) is 6.42 Å². The molecule has 0 aromatic carbocycles. The second kappa shape index (κ2) is 7.06. The fourth-order valence-electron chi connectivity index (χ4n) is 0.834. The van der Waals surface area contributed by atoms with Gasteiger partial charge in [-0.3, -0.25) is 4.79 Å². The van der Waals surface area contributed by atoms with E-state index in [1.54, 1.807) is 7.05 Å². The molecule has 0 saturated heterocycles. The summed E-state index contributed by atoms with van der Waals surface area (Å²) in [4.78, 5) is 10.6. The van der Waals surface area contributed by atoms with Crippen molar-refractivity contribution in [3.63, 3.8) is 0 Å². The fraction of sp³-hybridized carbons (Fsp3) is 0.875. The highest BCUT2D eigenvalue weighted by Gasteiger charge is 2.15. The highest BCUT2D eigenvalue weighted by atomic mass is 16.5. The van der Waals surface area contributed by atoms with E-state index in [-0.39, 0.29) is 0 Å². The van der Waals surface area contributed by atoms with Gasteiger partial charge in [-0.25, -0.2) is 0 Å². The van der Waals surface area contributed by atoms with Crippen LogP contribution >= 0.6 is 0 Å². The van der Waals surface area contributed by atoms with Crippen LogP contribution in [0.2, 0.25) is 0 Å². The summed E-state index contributed by atoms with van der Waals surface area (Å²) in [7, 11) is 1.73. The van der Waals surface area contributed by atoms with E-state index in [9.17, 15) is 4.79 Å². The number of hydrogen-bond donors (Lipinski definition) is 2. The molecule has 0 aliphatic carbocycles. The number of aliphatic carboxylic acids is 1. The molecule has 0 aliphatic rings. The highest BCUT2D eigenvalue weighted by Crippen LogP contribution is 1.96. The highest BCUT2D eigenvalue weighted by molar-refractivity contribution is 5.70. The van der Waals surface area contributed by atoms with Gasteiger partial charge in [-0.05, 0) is 13.5 Å². The lowest BCUT2D eigenvalue weighted by Gasteiger charge is -2.11. The molecule has 1 atom stereocenters. The number of nitrogens with one attached hydrogen (secondary N) is 1. The Bertz CT molecular complexity index is 127. The molecule has 0 aromatic rings. The average Bonchev–Trinajstić information content (AvgIpc) is 2.03. The second-order valence-electron chi connectivity index (χ2n) is 2.67. The Morgan fingerprint density at radius 3 is 2.75 bits per heavy atom. The quantitative estimate of drug-likeness (QED) is 0.547. The maximum absolute atomic E-state index is 10.6. The van der Waals surface area contributed by atoms with Crippen LogP contribution in [0.25, 0.3) is 0 Å². The molecule has 0 fully saturated rings. The van der Waals surface area contributed by atoms with E-state index in [0.29, 0.717) is 19.8 Å². The largest absolute Gasteiger partial charge is 0.481 e. The molecular formula is C8H17NO3. The third-order valence-electron chi connectivity index (χ3n) is 1.47. The van der Waals surface area contributed by atoms with Crippen molar-refractivity contribution in [2.75, 3.05) is 26.8 Å². The normalized spacial score (nSPS) is 12.8. The van der Waals surface area contributed by atoms with Crippen LogP contribution in [-0.4, -0.2) is 37.9 Å². The van der Waals surface area contributed by atoms with Crippen molar-refractivity contribution in [1.82, 2.24) is 5.32 Å². The second-order valence-corrected chi connectivity index (χ2v) is 2.67. The number of carboxylic acid groups (broad SMARTS) is 1. The minimum atomic E-state index is -0.805. The lowest BCUT2D eigenvalue weighted by molar-refractivity contribution is -0.143. The molecule has 0 aromatic heterocycles. The number of carboxylic acids is 1.